The first-order valence-corrected chi connectivity index (χ1v) is 4.39. The first-order valence-electron chi connectivity index (χ1n) is 4.01. The van der Waals surface area contributed by atoms with E-state index >= 15 is 0 Å². The number of fused-ring (bicyclic) bond motifs is 1. The minimum Gasteiger partial charge on any atom is -0.324 e. The third kappa shape index (κ3) is 1.53. The zero-order chi connectivity index (χ0) is 9.42. The van der Waals surface area contributed by atoms with Gasteiger partial charge in [-0.3, -0.25) is 4.79 Å². The lowest BCUT2D eigenvalue weighted by Gasteiger charge is -2.21. The average Bonchev–Trinajstić information content (AvgIpc) is 2.08. The van der Waals surface area contributed by atoms with E-state index in [-0.39, 0.29) is 5.91 Å². The van der Waals surface area contributed by atoms with E-state index in [0.717, 1.165) is 11.3 Å². The molecule has 0 fully saturated rings. The number of hydrogen-bond donors (Lipinski definition) is 2. The maximum Gasteiger partial charge on any atom is 0.241 e. The molecule has 1 amide bonds. The molecule has 1 aliphatic heterocycles. The number of halogens is 1. The van der Waals surface area contributed by atoms with Gasteiger partial charge in [0.05, 0.1) is 6.04 Å². The Balaban J connectivity index is 2.42. The van der Waals surface area contributed by atoms with Crippen molar-refractivity contribution in [2.75, 3.05) is 5.32 Å². The van der Waals surface area contributed by atoms with Crippen LogP contribution >= 0.6 is 11.6 Å². The molecule has 68 valence electrons. The third-order valence-corrected chi connectivity index (χ3v) is 2.34. The summed E-state index contributed by atoms with van der Waals surface area (Å²) in [5, 5.41) is 3.38. The van der Waals surface area contributed by atoms with E-state index in [9.17, 15) is 4.79 Å². The van der Waals surface area contributed by atoms with Crippen molar-refractivity contribution < 1.29 is 4.79 Å². The fraction of sp³-hybridized carbons (Fsp3) is 0.222. The van der Waals surface area contributed by atoms with Gasteiger partial charge in [0.15, 0.2) is 0 Å². The van der Waals surface area contributed by atoms with E-state index in [2.05, 4.69) is 5.32 Å². The third-order valence-electron chi connectivity index (χ3n) is 2.10. The van der Waals surface area contributed by atoms with Crippen molar-refractivity contribution in [1.29, 1.82) is 0 Å². The molecule has 0 aromatic heterocycles. The number of benzene rings is 1. The second-order valence-corrected chi connectivity index (χ2v) is 3.54. The molecule has 3 nitrogen and oxygen atoms in total. The van der Waals surface area contributed by atoms with E-state index in [1.807, 2.05) is 6.07 Å². The Morgan fingerprint density at radius 3 is 3.08 bits per heavy atom. The van der Waals surface area contributed by atoms with Gasteiger partial charge < -0.3 is 11.1 Å². The molecular formula is C9H9ClN2O. The van der Waals surface area contributed by atoms with Gasteiger partial charge in [0, 0.05) is 10.7 Å². The topological polar surface area (TPSA) is 55.1 Å². The number of anilines is 1. The highest BCUT2D eigenvalue weighted by molar-refractivity contribution is 6.30. The minimum atomic E-state index is -0.453. The van der Waals surface area contributed by atoms with E-state index in [4.69, 9.17) is 17.3 Å². The first-order chi connectivity index (χ1) is 6.16. The van der Waals surface area contributed by atoms with Crippen LogP contribution in [0.5, 0.6) is 0 Å². The molecule has 0 radical (unpaired) electrons. The molecule has 0 aliphatic carbocycles. The summed E-state index contributed by atoms with van der Waals surface area (Å²) in [7, 11) is 0. The lowest BCUT2D eigenvalue weighted by Crippen LogP contribution is -2.40. The van der Waals surface area contributed by atoms with Crippen molar-refractivity contribution in [2.45, 2.75) is 12.5 Å². The SMILES string of the molecule is N[C@H]1Cc2cc(Cl)ccc2NC1=O. The summed E-state index contributed by atoms with van der Waals surface area (Å²) >= 11 is 5.81. The van der Waals surface area contributed by atoms with Crippen molar-refractivity contribution in [3.8, 4) is 0 Å². The normalized spacial score (nSPS) is 20.8. The maximum absolute atomic E-state index is 11.2. The first kappa shape index (κ1) is 8.53. The van der Waals surface area contributed by atoms with Crippen LogP contribution in [0.1, 0.15) is 5.56 Å². The van der Waals surface area contributed by atoms with Gasteiger partial charge in [-0.25, -0.2) is 0 Å². The number of nitrogens with two attached hydrogens (primary N) is 1. The number of carbonyl (C=O) groups excluding carboxylic acids is 1. The minimum absolute atomic E-state index is 0.130. The summed E-state index contributed by atoms with van der Waals surface area (Å²) in [6, 6.07) is 4.92. The van der Waals surface area contributed by atoms with E-state index in [1.54, 1.807) is 12.1 Å². The van der Waals surface area contributed by atoms with Gasteiger partial charge in [0.2, 0.25) is 5.91 Å². The van der Waals surface area contributed by atoms with Crippen LogP contribution < -0.4 is 11.1 Å². The smallest absolute Gasteiger partial charge is 0.241 e. The highest BCUT2D eigenvalue weighted by Gasteiger charge is 2.22. The lowest BCUT2D eigenvalue weighted by molar-refractivity contribution is -0.117. The van der Waals surface area contributed by atoms with Gasteiger partial charge >= 0.3 is 0 Å². The number of rotatable bonds is 0. The summed E-state index contributed by atoms with van der Waals surface area (Å²) < 4.78 is 0. The van der Waals surface area contributed by atoms with Gasteiger partial charge in [-0.15, -0.1) is 0 Å². The van der Waals surface area contributed by atoms with Crippen LogP contribution in [0.2, 0.25) is 5.02 Å². The molecule has 13 heavy (non-hydrogen) atoms. The second-order valence-electron chi connectivity index (χ2n) is 3.10. The molecule has 4 heteroatoms. The Kier molecular flexibility index (Phi) is 1.98. The predicted octanol–water partition coefficient (Wildman–Crippen LogP) is 1.16. The number of carbonyl (C=O) groups is 1. The molecule has 1 heterocycles. The Morgan fingerprint density at radius 2 is 2.31 bits per heavy atom. The summed E-state index contributed by atoms with van der Waals surface area (Å²) in [5.74, 6) is -0.130. The Labute approximate surface area is 80.9 Å². The van der Waals surface area contributed by atoms with Crippen LogP contribution in [-0.2, 0) is 11.2 Å². The van der Waals surface area contributed by atoms with Gasteiger partial charge in [-0.1, -0.05) is 11.6 Å². The van der Waals surface area contributed by atoms with Crippen LogP contribution in [0.4, 0.5) is 5.69 Å². The molecule has 1 aromatic carbocycles. The highest BCUT2D eigenvalue weighted by atomic mass is 35.5. The molecule has 0 unspecified atom stereocenters. The maximum atomic E-state index is 11.2. The molecule has 2 rings (SSSR count). The molecule has 3 N–H and O–H groups in total. The number of nitrogens with one attached hydrogen (secondary N) is 1. The molecule has 0 saturated heterocycles. The van der Waals surface area contributed by atoms with Crippen LogP contribution in [-0.4, -0.2) is 11.9 Å². The second kappa shape index (κ2) is 3.01. The lowest BCUT2D eigenvalue weighted by atomic mass is 10.00. The molecule has 0 bridgehead atoms. The summed E-state index contributed by atoms with van der Waals surface area (Å²) in [4.78, 5) is 11.2. The van der Waals surface area contributed by atoms with Gasteiger partial charge in [-0.05, 0) is 30.2 Å². The van der Waals surface area contributed by atoms with Crippen LogP contribution in [0.25, 0.3) is 0 Å². The molecule has 1 aromatic rings. The van der Waals surface area contributed by atoms with Crippen molar-refractivity contribution in [3.63, 3.8) is 0 Å². The molecule has 0 spiro atoms. The van der Waals surface area contributed by atoms with E-state index < -0.39 is 6.04 Å². The van der Waals surface area contributed by atoms with Gasteiger partial charge in [0.25, 0.3) is 0 Å². The van der Waals surface area contributed by atoms with Gasteiger partial charge in [-0.2, -0.15) is 0 Å². The zero-order valence-electron chi connectivity index (χ0n) is 6.88. The highest BCUT2D eigenvalue weighted by Crippen LogP contribution is 2.24. The summed E-state index contributed by atoms with van der Waals surface area (Å²) in [6.07, 6.45) is 0.557. The van der Waals surface area contributed by atoms with Crippen LogP contribution in [0.3, 0.4) is 0 Å². The fourth-order valence-electron chi connectivity index (χ4n) is 1.41. The molecule has 1 atom stereocenters. The van der Waals surface area contributed by atoms with Crippen molar-refractivity contribution in [3.05, 3.63) is 28.8 Å². The van der Waals surface area contributed by atoms with Crippen molar-refractivity contribution in [1.82, 2.24) is 0 Å². The fourth-order valence-corrected chi connectivity index (χ4v) is 1.60. The van der Waals surface area contributed by atoms with Crippen LogP contribution in [0.15, 0.2) is 18.2 Å². The van der Waals surface area contributed by atoms with Crippen LogP contribution in [0, 0.1) is 0 Å². The Hall–Kier alpha value is -1.06. The Morgan fingerprint density at radius 1 is 1.54 bits per heavy atom. The monoisotopic (exact) mass is 196 g/mol. The van der Waals surface area contributed by atoms with Crippen molar-refractivity contribution >= 4 is 23.2 Å². The van der Waals surface area contributed by atoms with Crippen molar-refractivity contribution in [2.24, 2.45) is 5.73 Å². The standard InChI is InChI=1S/C9H9ClN2O/c10-6-1-2-8-5(3-6)4-7(11)9(13)12-8/h1-3,7H,4,11H2,(H,12,13)/t7-/m0/s1. The zero-order valence-corrected chi connectivity index (χ0v) is 7.64. The largest absolute Gasteiger partial charge is 0.324 e. The predicted molar refractivity (Wildman–Crippen MR) is 51.8 cm³/mol. The Bertz CT molecular complexity index is 365. The average molecular weight is 197 g/mol. The number of hydrogen-bond acceptors (Lipinski definition) is 2. The van der Waals surface area contributed by atoms with E-state index in [0.29, 0.717) is 11.4 Å². The molecule has 1 aliphatic rings. The molecule has 0 saturated carbocycles. The quantitative estimate of drug-likeness (QED) is 0.655. The summed E-state index contributed by atoms with van der Waals surface area (Å²) in [6.45, 7) is 0. The summed E-state index contributed by atoms with van der Waals surface area (Å²) in [5.41, 5.74) is 7.40. The van der Waals surface area contributed by atoms with E-state index in [1.165, 1.54) is 0 Å². The molecular weight excluding hydrogens is 188 g/mol. The van der Waals surface area contributed by atoms with Gasteiger partial charge in [0.1, 0.15) is 0 Å². The number of amides is 1.